The molecule has 0 aliphatic rings. The van der Waals surface area contributed by atoms with E-state index in [4.69, 9.17) is 0 Å². The molecule has 0 aromatic carbocycles. The summed E-state index contributed by atoms with van der Waals surface area (Å²) in [5.74, 6) is 0.0808. The maximum atomic E-state index is 11.9. The van der Waals surface area contributed by atoms with Crippen LogP contribution in [0.3, 0.4) is 0 Å². The van der Waals surface area contributed by atoms with Crippen molar-refractivity contribution < 1.29 is 4.79 Å². The lowest BCUT2D eigenvalue weighted by atomic mass is 10.1. The Bertz CT molecular complexity index is 606. The second-order valence-electron chi connectivity index (χ2n) is 4.99. The molecule has 0 bridgehead atoms. The molecular weight excluding hydrogens is 318 g/mol. The lowest BCUT2D eigenvalue weighted by Gasteiger charge is -2.06. The summed E-state index contributed by atoms with van der Waals surface area (Å²) >= 11 is 3.41. The van der Waals surface area contributed by atoms with E-state index in [1.165, 1.54) is 12.8 Å². The number of imidazole rings is 1. The molecule has 0 radical (unpaired) electrons. The summed E-state index contributed by atoms with van der Waals surface area (Å²) in [5, 5.41) is 2.94. The maximum absolute atomic E-state index is 11.9. The number of halogens is 1. The fraction of sp³-hybridized carbons (Fsp3) is 0.467. The van der Waals surface area contributed by atoms with Crippen LogP contribution in [0.1, 0.15) is 44.7 Å². The molecule has 20 heavy (non-hydrogen) atoms. The summed E-state index contributed by atoms with van der Waals surface area (Å²) in [5.41, 5.74) is 2.71. The van der Waals surface area contributed by atoms with Gasteiger partial charge in [-0.15, -0.1) is 0 Å². The van der Waals surface area contributed by atoms with Gasteiger partial charge < -0.3 is 9.72 Å². The minimum atomic E-state index is 0.0808. The Balaban J connectivity index is 1.99. The number of aromatic nitrogens is 2. The van der Waals surface area contributed by atoms with Crippen molar-refractivity contribution in [2.45, 2.75) is 46.0 Å². The maximum Gasteiger partial charge on any atom is 0.224 e. The van der Waals surface area contributed by atoms with Gasteiger partial charge in [-0.25, -0.2) is 4.98 Å². The smallest absolute Gasteiger partial charge is 0.224 e. The summed E-state index contributed by atoms with van der Waals surface area (Å²) in [4.78, 5) is 16.2. The third-order valence-corrected chi connectivity index (χ3v) is 4.09. The van der Waals surface area contributed by atoms with Gasteiger partial charge in [-0.3, -0.25) is 4.79 Å². The average molecular weight is 338 g/mol. The molecule has 2 aromatic rings. The number of amides is 1. The van der Waals surface area contributed by atoms with Gasteiger partial charge in [0.15, 0.2) is 0 Å². The van der Waals surface area contributed by atoms with Crippen LogP contribution in [0, 0.1) is 6.92 Å². The van der Waals surface area contributed by atoms with E-state index in [9.17, 15) is 4.79 Å². The van der Waals surface area contributed by atoms with Crippen LogP contribution in [-0.2, 0) is 4.79 Å². The van der Waals surface area contributed by atoms with E-state index in [2.05, 4.69) is 33.2 Å². The molecular formula is C15H20BrN3O. The fourth-order valence-corrected chi connectivity index (χ4v) is 2.52. The van der Waals surface area contributed by atoms with E-state index < -0.39 is 0 Å². The predicted molar refractivity (Wildman–Crippen MR) is 85.0 cm³/mol. The number of carbonyl (C=O) groups excluding carboxylic acids is 1. The standard InChI is InChI=1S/C15H20BrN3O/c1-3-4-5-6-7-14(20)17-12-8-9-13-18-15(16)11(2)19(13)10-12/h8-10H,3-7H2,1-2H3,(H,17,20). The third kappa shape index (κ3) is 3.60. The van der Waals surface area contributed by atoms with Gasteiger partial charge in [0.1, 0.15) is 10.3 Å². The number of pyridine rings is 1. The van der Waals surface area contributed by atoms with E-state index in [1.807, 2.05) is 29.7 Å². The SMILES string of the molecule is CCCCCCC(=O)Nc1ccc2nc(Br)c(C)n2c1. The number of nitrogens with one attached hydrogen (secondary N) is 1. The van der Waals surface area contributed by atoms with Gasteiger partial charge in [0, 0.05) is 12.6 Å². The molecule has 0 saturated carbocycles. The van der Waals surface area contributed by atoms with Gasteiger partial charge in [-0.2, -0.15) is 0 Å². The molecule has 2 aromatic heterocycles. The second kappa shape index (κ2) is 6.88. The van der Waals surface area contributed by atoms with Crippen LogP contribution in [0.25, 0.3) is 5.65 Å². The minimum absolute atomic E-state index is 0.0808. The van der Waals surface area contributed by atoms with E-state index in [-0.39, 0.29) is 5.91 Å². The predicted octanol–water partition coefficient (Wildman–Crippen LogP) is 4.31. The molecule has 4 nitrogen and oxygen atoms in total. The first-order valence-electron chi connectivity index (χ1n) is 7.06. The van der Waals surface area contributed by atoms with Gasteiger partial charge in [0.05, 0.1) is 11.4 Å². The number of hydrogen-bond donors (Lipinski definition) is 1. The molecule has 0 aliphatic carbocycles. The molecule has 0 fully saturated rings. The van der Waals surface area contributed by atoms with Crippen LogP contribution < -0.4 is 5.32 Å². The zero-order valence-corrected chi connectivity index (χ0v) is 13.5. The van der Waals surface area contributed by atoms with Gasteiger partial charge in [-0.05, 0) is 41.4 Å². The van der Waals surface area contributed by atoms with E-state index in [0.29, 0.717) is 6.42 Å². The highest BCUT2D eigenvalue weighted by atomic mass is 79.9. The van der Waals surface area contributed by atoms with E-state index in [1.54, 1.807) is 0 Å². The van der Waals surface area contributed by atoms with E-state index >= 15 is 0 Å². The Morgan fingerprint density at radius 1 is 1.35 bits per heavy atom. The quantitative estimate of drug-likeness (QED) is 0.798. The molecule has 2 rings (SSSR count). The first-order valence-corrected chi connectivity index (χ1v) is 7.85. The topological polar surface area (TPSA) is 46.4 Å². The monoisotopic (exact) mass is 337 g/mol. The fourth-order valence-electron chi connectivity index (χ4n) is 2.14. The highest BCUT2D eigenvalue weighted by Crippen LogP contribution is 2.19. The highest BCUT2D eigenvalue weighted by Gasteiger charge is 2.07. The number of hydrogen-bond acceptors (Lipinski definition) is 2. The number of carbonyl (C=O) groups is 1. The van der Waals surface area contributed by atoms with Crippen LogP contribution in [0.2, 0.25) is 0 Å². The highest BCUT2D eigenvalue weighted by molar-refractivity contribution is 9.10. The molecule has 1 amide bonds. The molecule has 2 heterocycles. The summed E-state index contributed by atoms with van der Waals surface area (Å²) in [6.45, 7) is 4.15. The van der Waals surface area contributed by atoms with Gasteiger partial charge in [-0.1, -0.05) is 26.2 Å². The zero-order chi connectivity index (χ0) is 14.5. The average Bonchev–Trinajstić information content (AvgIpc) is 2.71. The lowest BCUT2D eigenvalue weighted by Crippen LogP contribution is -2.11. The van der Waals surface area contributed by atoms with Crippen molar-refractivity contribution in [2.75, 3.05) is 5.32 Å². The molecule has 0 unspecified atom stereocenters. The van der Waals surface area contributed by atoms with Crippen LogP contribution in [0.4, 0.5) is 5.69 Å². The summed E-state index contributed by atoms with van der Waals surface area (Å²) in [6, 6.07) is 3.79. The first-order chi connectivity index (χ1) is 9.61. The Morgan fingerprint density at radius 3 is 2.90 bits per heavy atom. The largest absolute Gasteiger partial charge is 0.325 e. The van der Waals surface area contributed by atoms with Gasteiger partial charge in [0.25, 0.3) is 0 Å². The Hall–Kier alpha value is -1.36. The number of nitrogens with zero attached hydrogens (tertiary/aromatic N) is 2. The number of aryl methyl sites for hydroxylation is 1. The van der Waals surface area contributed by atoms with Crippen molar-refractivity contribution >= 4 is 33.2 Å². The van der Waals surface area contributed by atoms with Crippen molar-refractivity contribution in [2.24, 2.45) is 0 Å². The van der Waals surface area contributed by atoms with Crippen LogP contribution in [-0.4, -0.2) is 15.3 Å². The minimum Gasteiger partial charge on any atom is -0.325 e. The van der Waals surface area contributed by atoms with Crippen LogP contribution >= 0.6 is 15.9 Å². The Labute approximate surface area is 127 Å². The molecule has 0 atom stereocenters. The van der Waals surface area contributed by atoms with Crippen LogP contribution in [0.5, 0.6) is 0 Å². The van der Waals surface area contributed by atoms with Crippen molar-refractivity contribution in [3.05, 3.63) is 28.6 Å². The number of fused-ring (bicyclic) bond motifs is 1. The van der Waals surface area contributed by atoms with Crippen LogP contribution in [0.15, 0.2) is 22.9 Å². The third-order valence-electron chi connectivity index (χ3n) is 3.34. The van der Waals surface area contributed by atoms with Crippen molar-refractivity contribution in [3.8, 4) is 0 Å². The number of anilines is 1. The van der Waals surface area contributed by atoms with Crippen molar-refractivity contribution in [3.63, 3.8) is 0 Å². The molecule has 0 saturated heterocycles. The lowest BCUT2D eigenvalue weighted by molar-refractivity contribution is -0.116. The zero-order valence-electron chi connectivity index (χ0n) is 11.9. The molecule has 0 aliphatic heterocycles. The van der Waals surface area contributed by atoms with E-state index in [0.717, 1.165) is 34.5 Å². The van der Waals surface area contributed by atoms with Crippen molar-refractivity contribution in [1.82, 2.24) is 9.38 Å². The number of unbranched alkanes of at least 4 members (excludes halogenated alkanes) is 3. The molecule has 1 N–H and O–H groups in total. The first kappa shape index (κ1) is 15.0. The van der Waals surface area contributed by atoms with Gasteiger partial charge >= 0.3 is 0 Å². The second-order valence-corrected chi connectivity index (χ2v) is 5.74. The summed E-state index contributed by atoms with van der Waals surface area (Å²) in [7, 11) is 0. The number of rotatable bonds is 6. The molecule has 0 spiro atoms. The Morgan fingerprint density at radius 2 is 2.15 bits per heavy atom. The summed E-state index contributed by atoms with van der Waals surface area (Å²) < 4.78 is 2.80. The summed E-state index contributed by atoms with van der Waals surface area (Å²) in [6.07, 6.45) is 6.96. The molecule has 5 heteroatoms. The van der Waals surface area contributed by atoms with Gasteiger partial charge in [0.2, 0.25) is 5.91 Å². The normalized spacial score (nSPS) is 10.9. The molecule has 108 valence electrons. The Kier molecular flexibility index (Phi) is 5.17. The van der Waals surface area contributed by atoms with Crippen molar-refractivity contribution in [1.29, 1.82) is 0 Å².